The number of likely N-dealkylation sites (N-methyl/N-ethyl adjacent to an activating group) is 1. The minimum absolute atomic E-state index is 0.0716. The average molecular weight is 227 g/mol. The van der Waals surface area contributed by atoms with Gasteiger partial charge in [0, 0.05) is 13.1 Å². The van der Waals surface area contributed by atoms with Gasteiger partial charge in [-0.05, 0) is 18.3 Å². The topological polar surface area (TPSA) is 70.2 Å². The van der Waals surface area contributed by atoms with E-state index in [0.29, 0.717) is 5.92 Å². The number of urea groups is 1. The second kappa shape index (κ2) is 5.18. The summed E-state index contributed by atoms with van der Waals surface area (Å²) in [7, 11) is 1.57. The fourth-order valence-corrected chi connectivity index (χ4v) is 1.56. The molecule has 1 fully saturated rings. The van der Waals surface area contributed by atoms with Crippen molar-refractivity contribution in [3.8, 4) is 0 Å². The number of hydrogen-bond acceptors (Lipinski definition) is 2. The summed E-state index contributed by atoms with van der Waals surface area (Å²) in [6, 6.07) is -0.451. The Balaban J connectivity index is 2.41. The SMILES string of the molecule is CNC(=O)[C@H](NC(=O)N[C@@H]1C[C@H]1C)C(C)C. The number of rotatable bonds is 4. The van der Waals surface area contributed by atoms with Crippen molar-refractivity contribution in [2.75, 3.05) is 7.05 Å². The molecule has 92 valence electrons. The monoisotopic (exact) mass is 227 g/mol. The predicted molar refractivity (Wildman–Crippen MR) is 61.9 cm³/mol. The number of carbonyl (C=O) groups excluding carboxylic acids is 2. The summed E-state index contributed by atoms with van der Waals surface area (Å²) >= 11 is 0. The summed E-state index contributed by atoms with van der Waals surface area (Å²) < 4.78 is 0. The zero-order valence-electron chi connectivity index (χ0n) is 10.3. The Bertz CT molecular complexity index is 278. The smallest absolute Gasteiger partial charge is 0.315 e. The zero-order valence-corrected chi connectivity index (χ0v) is 10.3. The van der Waals surface area contributed by atoms with Crippen LogP contribution in [0.4, 0.5) is 4.79 Å². The Morgan fingerprint density at radius 3 is 2.25 bits per heavy atom. The standard InChI is InChI=1S/C11H21N3O2/c1-6(2)9(10(15)12-4)14-11(16)13-8-5-7(8)3/h6-9H,5H2,1-4H3,(H,12,15)(H2,13,14,16)/t7-,8-,9-/m1/s1. The molecular weight excluding hydrogens is 206 g/mol. The first-order chi connectivity index (χ1) is 7.45. The fourth-order valence-electron chi connectivity index (χ4n) is 1.56. The molecular formula is C11H21N3O2. The summed E-state index contributed by atoms with van der Waals surface area (Å²) in [5.41, 5.74) is 0. The lowest BCUT2D eigenvalue weighted by molar-refractivity contribution is -0.123. The van der Waals surface area contributed by atoms with Crippen LogP contribution in [0.15, 0.2) is 0 Å². The molecule has 1 rings (SSSR count). The average Bonchev–Trinajstić information content (AvgIpc) is 2.89. The molecule has 0 saturated heterocycles. The van der Waals surface area contributed by atoms with Gasteiger partial charge in [0.15, 0.2) is 0 Å². The van der Waals surface area contributed by atoms with Crippen molar-refractivity contribution in [2.24, 2.45) is 11.8 Å². The molecule has 1 aliphatic carbocycles. The fraction of sp³-hybridized carbons (Fsp3) is 0.818. The number of amides is 3. The Morgan fingerprint density at radius 2 is 1.88 bits per heavy atom. The van der Waals surface area contributed by atoms with Crippen molar-refractivity contribution in [3.63, 3.8) is 0 Å². The quantitative estimate of drug-likeness (QED) is 0.653. The molecule has 3 atom stereocenters. The third-order valence-electron chi connectivity index (χ3n) is 2.91. The van der Waals surface area contributed by atoms with E-state index in [1.54, 1.807) is 7.05 Å². The first-order valence-corrected chi connectivity index (χ1v) is 5.74. The van der Waals surface area contributed by atoms with E-state index in [1.165, 1.54) is 0 Å². The molecule has 0 spiro atoms. The predicted octanol–water partition coefficient (Wildman–Crippen LogP) is 0.465. The van der Waals surface area contributed by atoms with Crippen molar-refractivity contribution in [3.05, 3.63) is 0 Å². The highest BCUT2D eigenvalue weighted by molar-refractivity contribution is 5.87. The molecule has 0 aromatic heterocycles. The third kappa shape index (κ3) is 3.40. The van der Waals surface area contributed by atoms with Crippen molar-refractivity contribution in [1.29, 1.82) is 0 Å². The maximum atomic E-state index is 11.6. The zero-order chi connectivity index (χ0) is 12.3. The van der Waals surface area contributed by atoms with Gasteiger partial charge >= 0.3 is 6.03 Å². The molecule has 0 heterocycles. The summed E-state index contributed by atoms with van der Waals surface area (Å²) in [6.45, 7) is 5.89. The van der Waals surface area contributed by atoms with E-state index in [9.17, 15) is 9.59 Å². The summed E-state index contributed by atoms with van der Waals surface area (Å²) in [5, 5.41) is 8.08. The minimum Gasteiger partial charge on any atom is -0.357 e. The molecule has 0 aromatic carbocycles. The van der Waals surface area contributed by atoms with Crippen LogP contribution in [0.5, 0.6) is 0 Å². The molecule has 5 heteroatoms. The van der Waals surface area contributed by atoms with Crippen LogP contribution in [0.3, 0.4) is 0 Å². The number of carbonyl (C=O) groups is 2. The molecule has 16 heavy (non-hydrogen) atoms. The van der Waals surface area contributed by atoms with Crippen molar-refractivity contribution in [2.45, 2.75) is 39.3 Å². The highest BCUT2D eigenvalue weighted by Gasteiger charge is 2.34. The van der Waals surface area contributed by atoms with Gasteiger partial charge in [0.05, 0.1) is 0 Å². The summed E-state index contributed by atoms with van der Waals surface area (Å²) in [4.78, 5) is 23.1. The Morgan fingerprint density at radius 1 is 1.31 bits per heavy atom. The van der Waals surface area contributed by atoms with Crippen LogP contribution in [-0.4, -0.2) is 31.1 Å². The number of nitrogens with one attached hydrogen (secondary N) is 3. The maximum absolute atomic E-state index is 11.6. The number of hydrogen-bond donors (Lipinski definition) is 3. The van der Waals surface area contributed by atoms with Crippen LogP contribution < -0.4 is 16.0 Å². The molecule has 1 saturated carbocycles. The molecule has 3 amide bonds. The molecule has 0 aliphatic heterocycles. The molecule has 0 radical (unpaired) electrons. The van der Waals surface area contributed by atoms with Gasteiger partial charge in [-0.3, -0.25) is 4.79 Å². The third-order valence-corrected chi connectivity index (χ3v) is 2.91. The van der Waals surface area contributed by atoms with E-state index >= 15 is 0 Å². The molecule has 1 aliphatic rings. The van der Waals surface area contributed by atoms with Crippen molar-refractivity contribution in [1.82, 2.24) is 16.0 Å². The van der Waals surface area contributed by atoms with Crippen LogP contribution >= 0.6 is 0 Å². The van der Waals surface area contributed by atoms with Gasteiger partial charge in [-0.15, -0.1) is 0 Å². The first-order valence-electron chi connectivity index (χ1n) is 5.74. The normalized spacial score (nSPS) is 24.8. The molecule has 5 nitrogen and oxygen atoms in total. The van der Waals surface area contributed by atoms with Crippen LogP contribution in [0, 0.1) is 11.8 Å². The van der Waals surface area contributed by atoms with Gasteiger partial charge in [0.25, 0.3) is 0 Å². The van der Waals surface area contributed by atoms with E-state index in [4.69, 9.17) is 0 Å². The summed E-state index contributed by atoms with van der Waals surface area (Å²) in [6.07, 6.45) is 1.03. The minimum atomic E-state index is -0.473. The van der Waals surface area contributed by atoms with Crippen LogP contribution in [-0.2, 0) is 4.79 Å². The van der Waals surface area contributed by atoms with Crippen LogP contribution in [0.1, 0.15) is 27.2 Å². The van der Waals surface area contributed by atoms with E-state index in [-0.39, 0.29) is 23.9 Å². The van der Waals surface area contributed by atoms with Gasteiger partial charge in [0.1, 0.15) is 6.04 Å². The molecule has 0 bridgehead atoms. The van der Waals surface area contributed by atoms with Crippen molar-refractivity contribution >= 4 is 11.9 Å². The van der Waals surface area contributed by atoms with Gasteiger partial charge < -0.3 is 16.0 Å². The van der Waals surface area contributed by atoms with E-state index in [2.05, 4.69) is 22.9 Å². The Kier molecular flexibility index (Phi) is 4.15. The van der Waals surface area contributed by atoms with Gasteiger partial charge in [-0.25, -0.2) is 4.79 Å². The lowest BCUT2D eigenvalue weighted by atomic mass is 10.0. The lowest BCUT2D eigenvalue weighted by Crippen LogP contribution is -2.52. The summed E-state index contributed by atoms with van der Waals surface area (Å²) in [5.74, 6) is 0.472. The highest BCUT2D eigenvalue weighted by Crippen LogP contribution is 2.28. The van der Waals surface area contributed by atoms with Crippen LogP contribution in [0.25, 0.3) is 0 Å². The Hall–Kier alpha value is -1.26. The maximum Gasteiger partial charge on any atom is 0.315 e. The van der Waals surface area contributed by atoms with Gasteiger partial charge in [-0.1, -0.05) is 20.8 Å². The highest BCUT2D eigenvalue weighted by atomic mass is 16.2. The molecule has 3 N–H and O–H groups in total. The lowest BCUT2D eigenvalue weighted by Gasteiger charge is -2.20. The van der Waals surface area contributed by atoms with Gasteiger partial charge in [0.2, 0.25) is 5.91 Å². The van der Waals surface area contributed by atoms with Gasteiger partial charge in [-0.2, -0.15) is 0 Å². The van der Waals surface area contributed by atoms with E-state index in [0.717, 1.165) is 6.42 Å². The molecule has 0 unspecified atom stereocenters. The second-order valence-corrected chi connectivity index (χ2v) is 4.77. The first kappa shape index (κ1) is 12.8. The second-order valence-electron chi connectivity index (χ2n) is 4.77. The largest absolute Gasteiger partial charge is 0.357 e. The van der Waals surface area contributed by atoms with E-state index < -0.39 is 6.04 Å². The van der Waals surface area contributed by atoms with Crippen LogP contribution in [0.2, 0.25) is 0 Å². The Labute approximate surface area is 96.4 Å². The molecule has 0 aromatic rings. The van der Waals surface area contributed by atoms with E-state index in [1.807, 2.05) is 13.8 Å². The van der Waals surface area contributed by atoms with Crippen molar-refractivity contribution < 1.29 is 9.59 Å².